The first kappa shape index (κ1) is 22.3. The number of hydrazone groups is 1. The Balaban J connectivity index is 1.85. The molecular formula is C23H21N3O6S. The molecule has 0 fully saturated rings. The number of ether oxygens (including phenoxy) is 2. The van der Waals surface area contributed by atoms with Crippen molar-refractivity contribution >= 4 is 21.4 Å². The molecule has 0 saturated heterocycles. The van der Waals surface area contributed by atoms with Crippen LogP contribution in [-0.4, -0.2) is 37.7 Å². The summed E-state index contributed by atoms with van der Waals surface area (Å²) in [6.07, 6.45) is 0.145. The molecule has 33 heavy (non-hydrogen) atoms. The fourth-order valence-corrected chi connectivity index (χ4v) is 5.21. The van der Waals surface area contributed by atoms with E-state index in [2.05, 4.69) is 5.10 Å². The number of hydrogen-bond acceptors (Lipinski definition) is 7. The third-order valence-corrected chi connectivity index (χ3v) is 7.07. The van der Waals surface area contributed by atoms with Gasteiger partial charge in [-0.3, -0.25) is 10.1 Å². The van der Waals surface area contributed by atoms with Gasteiger partial charge in [-0.2, -0.15) is 17.9 Å². The first-order valence-electron chi connectivity index (χ1n) is 9.99. The molecule has 0 N–H and O–H groups in total. The normalized spacial score (nSPS) is 15.8. The molecule has 3 aromatic rings. The van der Waals surface area contributed by atoms with Crippen LogP contribution in [0.2, 0.25) is 0 Å². The van der Waals surface area contributed by atoms with Gasteiger partial charge in [0.2, 0.25) is 0 Å². The summed E-state index contributed by atoms with van der Waals surface area (Å²) in [6.45, 7) is 0. The first-order valence-corrected chi connectivity index (χ1v) is 11.4. The first-order chi connectivity index (χ1) is 15.9. The standard InChI is InChI=1S/C23H21N3O6S/c1-31-22-13-12-16(14-23(22)32-2)19-15-21(18-10-6-7-11-20(18)26(27)28)25(24-19)33(29,30)17-8-4-3-5-9-17/h3-14,21H,15H2,1-2H3/t21-/m0/s1. The molecule has 1 aliphatic rings. The predicted octanol–water partition coefficient (Wildman–Crippen LogP) is 4.15. The van der Waals surface area contributed by atoms with Crippen molar-refractivity contribution in [1.29, 1.82) is 0 Å². The van der Waals surface area contributed by atoms with Crippen LogP contribution in [0.5, 0.6) is 11.5 Å². The van der Waals surface area contributed by atoms with E-state index in [9.17, 15) is 18.5 Å². The largest absolute Gasteiger partial charge is 0.493 e. The van der Waals surface area contributed by atoms with Crippen molar-refractivity contribution in [3.8, 4) is 11.5 Å². The summed E-state index contributed by atoms with van der Waals surface area (Å²) in [6, 6.07) is 18.2. The number of hydrogen-bond donors (Lipinski definition) is 0. The highest BCUT2D eigenvalue weighted by molar-refractivity contribution is 7.89. The third kappa shape index (κ3) is 4.12. The van der Waals surface area contributed by atoms with E-state index in [0.29, 0.717) is 22.8 Å². The van der Waals surface area contributed by atoms with Gasteiger partial charge < -0.3 is 9.47 Å². The van der Waals surface area contributed by atoms with Crippen LogP contribution in [-0.2, 0) is 10.0 Å². The van der Waals surface area contributed by atoms with Crippen LogP contribution in [0.1, 0.15) is 23.6 Å². The van der Waals surface area contributed by atoms with Gasteiger partial charge in [0.25, 0.3) is 15.7 Å². The second-order valence-corrected chi connectivity index (χ2v) is 9.04. The number of para-hydroxylation sites is 1. The van der Waals surface area contributed by atoms with Crippen LogP contribution in [0.25, 0.3) is 0 Å². The third-order valence-electron chi connectivity index (χ3n) is 5.37. The van der Waals surface area contributed by atoms with Gasteiger partial charge >= 0.3 is 0 Å². The zero-order valence-corrected chi connectivity index (χ0v) is 18.7. The Bertz CT molecular complexity index is 1330. The lowest BCUT2D eigenvalue weighted by atomic mass is 9.97. The number of nitro benzene ring substituents is 1. The maximum absolute atomic E-state index is 13.5. The summed E-state index contributed by atoms with van der Waals surface area (Å²) in [7, 11) is -1.06. The molecule has 3 aromatic carbocycles. The average molecular weight is 468 g/mol. The van der Waals surface area contributed by atoms with Gasteiger partial charge in [-0.25, -0.2) is 0 Å². The molecule has 0 radical (unpaired) electrons. The number of methoxy groups -OCH3 is 2. The summed E-state index contributed by atoms with van der Waals surface area (Å²) in [5, 5.41) is 16.1. The molecule has 1 heterocycles. The molecule has 9 nitrogen and oxygen atoms in total. The minimum Gasteiger partial charge on any atom is -0.493 e. The van der Waals surface area contributed by atoms with Gasteiger partial charge in [-0.15, -0.1) is 0 Å². The minimum atomic E-state index is -4.08. The van der Waals surface area contributed by atoms with E-state index in [1.165, 1.54) is 32.4 Å². The van der Waals surface area contributed by atoms with E-state index in [-0.39, 0.29) is 22.6 Å². The maximum atomic E-state index is 13.5. The summed E-state index contributed by atoms with van der Waals surface area (Å²) in [4.78, 5) is 11.2. The van der Waals surface area contributed by atoms with E-state index >= 15 is 0 Å². The summed E-state index contributed by atoms with van der Waals surface area (Å²) < 4.78 is 38.6. The van der Waals surface area contributed by atoms with E-state index in [4.69, 9.17) is 9.47 Å². The van der Waals surface area contributed by atoms with Crippen LogP contribution in [0.4, 0.5) is 5.69 Å². The van der Waals surface area contributed by atoms with E-state index in [1.807, 2.05) is 0 Å². The van der Waals surface area contributed by atoms with Crippen LogP contribution >= 0.6 is 0 Å². The molecule has 0 aromatic heterocycles. The Labute approximate surface area is 191 Å². The quantitative estimate of drug-likeness (QED) is 0.381. The molecule has 0 aliphatic carbocycles. The number of benzene rings is 3. The Morgan fingerprint density at radius 3 is 2.30 bits per heavy atom. The SMILES string of the molecule is COc1ccc(C2=NN(S(=O)(=O)c3ccccc3)[C@H](c3ccccc3[N+](=O)[O-])C2)cc1OC. The number of sulfonamides is 1. The average Bonchev–Trinajstić information content (AvgIpc) is 3.30. The van der Waals surface area contributed by atoms with E-state index in [1.54, 1.807) is 54.6 Å². The fraction of sp³-hybridized carbons (Fsp3) is 0.174. The monoisotopic (exact) mass is 467 g/mol. The van der Waals surface area contributed by atoms with Gasteiger partial charge in [0, 0.05) is 18.1 Å². The lowest BCUT2D eigenvalue weighted by Gasteiger charge is -2.23. The molecule has 1 atom stereocenters. The zero-order valence-electron chi connectivity index (χ0n) is 17.9. The molecule has 1 aliphatic heterocycles. The van der Waals surface area contributed by atoms with Crippen molar-refractivity contribution in [3.63, 3.8) is 0 Å². The smallest absolute Gasteiger partial charge is 0.279 e. The van der Waals surface area contributed by atoms with Crippen LogP contribution in [0.15, 0.2) is 82.8 Å². The molecule has 10 heteroatoms. The summed E-state index contributed by atoms with van der Waals surface area (Å²) in [5.41, 5.74) is 1.18. The van der Waals surface area contributed by atoms with Gasteiger partial charge in [0.15, 0.2) is 11.5 Å². The van der Waals surface area contributed by atoms with Gasteiger partial charge in [0.05, 0.1) is 35.3 Å². The maximum Gasteiger partial charge on any atom is 0.279 e. The highest BCUT2D eigenvalue weighted by Crippen LogP contribution is 2.41. The topological polar surface area (TPSA) is 111 Å². The highest BCUT2D eigenvalue weighted by atomic mass is 32.2. The Hall–Kier alpha value is -3.92. The summed E-state index contributed by atoms with van der Waals surface area (Å²) >= 11 is 0. The molecule has 0 spiro atoms. The number of nitrogens with zero attached hydrogens (tertiary/aromatic N) is 3. The highest BCUT2D eigenvalue weighted by Gasteiger charge is 2.40. The second kappa shape index (κ2) is 8.91. The van der Waals surface area contributed by atoms with Crippen molar-refractivity contribution in [2.45, 2.75) is 17.4 Å². The molecule has 0 bridgehead atoms. The fourth-order valence-electron chi connectivity index (χ4n) is 3.77. The number of rotatable bonds is 7. The Morgan fingerprint density at radius 1 is 0.970 bits per heavy atom. The molecular weight excluding hydrogens is 446 g/mol. The molecule has 0 unspecified atom stereocenters. The minimum absolute atomic E-state index is 0.0471. The van der Waals surface area contributed by atoms with Gasteiger partial charge in [-0.05, 0) is 36.4 Å². The van der Waals surface area contributed by atoms with Crippen molar-refractivity contribution in [1.82, 2.24) is 4.41 Å². The Morgan fingerprint density at radius 2 is 1.64 bits per heavy atom. The predicted molar refractivity (Wildman–Crippen MR) is 122 cm³/mol. The van der Waals surface area contributed by atoms with E-state index in [0.717, 1.165) is 4.41 Å². The van der Waals surface area contributed by atoms with Crippen molar-refractivity contribution in [2.24, 2.45) is 5.10 Å². The van der Waals surface area contributed by atoms with Crippen molar-refractivity contribution in [2.75, 3.05) is 14.2 Å². The Kier molecular flexibility index (Phi) is 6.01. The van der Waals surface area contributed by atoms with Crippen LogP contribution < -0.4 is 9.47 Å². The van der Waals surface area contributed by atoms with Crippen LogP contribution in [0, 0.1) is 10.1 Å². The lowest BCUT2D eigenvalue weighted by Crippen LogP contribution is -2.27. The number of nitro groups is 1. The molecule has 0 amide bonds. The molecule has 170 valence electrons. The molecule has 4 rings (SSSR count). The van der Waals surface area contributed by atoms with Gasteiger partial charge in [-0.1, -0.05) is 30.3 Å². The van der Waals surface area contributed by atoms with Crippen LogP contribution in [0.3, 0.4) is 0 Å². The zero-order chi connectivity index (χ0) is 23.6. The van der Waals surface area contributed by atoms with Gasteiger partial charge in [0.1, 0.15) is 6.04 Å². The van der Waals surface area contributed by atoms with Crippen molar-refractivity contribution < 1.29 is 22.8 Å². The van der Waals surface area contributed by atoms with E-state index < -0.39 is 21.0 Å². The lowest BCUT2D eigenvalue weighted by molar-refractivity contribution is -0.385. The second-order valence-electron chi connectivity index (χ2n) is 7.24. The van der Waals surface area contributed by atoms with Crippen molar-refractivity contribution in [3.05, 3.63) is 94.0 Å². The molecule has 0 saturated carbocycles. The summed E-state index contributed by atoms with van der Waals surface area (Å²) in [5.74, 6) is 0.980.